The Labute approximate surface area is 268 Å². The molecule has 1 atom stereocenters. The average Bonchev–Trinajstić information content (AvgIpc) is 3.82. The minimum absolute atomic E-state index is 0.0443. The second-order valence-electron chi connectivity index (χ2n) is 11.5. The number of amides is 1. The van der Waals surface area contributed by atoms with Gasteiger partial charge in [-0.2, -0.15) is 0 Å². The van der Waals surface area contributed by atoms with Crippen LogP contribution in [0.1, 0.15) is 84.6 Å². The molecule has 0 spiro atoms. The highest BCUT2D eigenvalue weighted by molar-refractivity contribution is 7.12. The summed E-state index contributed by atoms with van der Waals surface area (Å²) in [5, 5.41) is 13.1. The van der Waals surface area contributed by atoms with Crippen molar-refractivity contribution in [2.24, 2.45) is 10.9 Å². The molecule has 10 heteroatoms. The van der Waals surface area contributed by atoms with E-state index in [4.69, 9.17) is 25.4 Å². The number of amidine groups is 1. The number of pyridine rings is 1. The van der Waals surface area contributed by atoms with Crippen molar-refractivity contribution in [2.75, 3.05) is 6.54 Å². The summed E-state index contributed by atoms with van der Waals surface area (Å²) in [7, 11) is 0. The highest BCUT2D eigenvalue weighted by atomic mass is 32.1. The number of nitrogens with two attached hydrogens (primary N) is 1. The van der Waals surface area contributed by atoms with Gasteiger partial charge in [-0.25, -0.2) is 4.98 Å². The van der Waals surface area contributed by atoms with Gasteiger partial charge in [-0.3, -0.25) is 9.78 Å². The highest BCUT2D eigenvalue weighted by Gasteiger charge is 2.33. The zero-order valence-corrected chi connectivity index (χ0v) is 26.9. The maximum Gasteiger partial charge on any atom is 0.254 e. The molecule has 0 saturated heterocycles. The van der Waals surface area contributed by atoms with E-state index >= 15 is 0 Å². The van der Waals surface area contributed by atoms with Crippen molar-refractivity contribution >= 4 is 23.1 Å². The lowest BCUT2D eigenvalue weighted by Gasteiger charge is -2.22. The third-order valence-corrected chi connectivity index (χ3v) is 9.09. The Morgan fingerprint density at radius 3 is 2.24 bits per heavy atom. The summed E-state index contributed by atoms with van der Waals surface area (Å²) >= 11 is 1.73. The summed E-state index contributed by atoms with van der Waals surface area (Å²) in [6, 6.07) is 18.9. The zero-order valence-electron chi connectivity index (χ0n) is 26.1. The van der Waals surface area contributed by atoms with Gasteiger partial charge in [0.2, 0.25) is 6.29 Å². The van der Waals surface area contributed by atoms with Crippen LogP contribution in [0.4, 0.5) is 0 Å². The van der Waals surface area contributed by atoms with Gasteiger partial charge >= 0.3 is 0 Å². The highest BCUT2D eigenvalue weighted by Crippen LogP contribution is 2.35. The Hall–Kier alpha value is -4.44. The fourth-order valence-electron chi connectivity index (χ4n) is 5.00. The molecule has 1 aliphatic rings. The summed E-state index contributed by atoms with van der Waals surface area (Å²) in [4.78, 5) is 25.6. The van der Waals surface area contributed by atoms with Crippen molar-refractivity contribution in [3.05, 3.63) is 94.1 Å². The Morgan fingerprint density at radius 2 is 1.67 bits per heavy atom. The van der Waals surface area contributed by atoms with Gasteiger partial charge in [0.05, 0.1) is 10.7 Å². The van der Waals surface area contributed by atoms with Gasteiger partial charge in [-0.1, -0.05) is 32.3 Å². The lowest BCUT2D eigenvalue weighted by Crippen LogP contribution is -2.34. The van der Waals surface area contributed by atoms with Gasteiger partial charge in [0.1, 0.15) is 11.5 Å². The lowest BCUT2D eigenvalue weighted by atomic mass is 10.1. The smallest absolute Gasteiger partial charge is 0.254 e. The van der Waals surface area contributed by atoms with Crippen molar-refractivity contribution < 1.29 is 19.5 Å². The third-order valence-electron chi connectivity index (χ3n) is 7.68. The van der Waals surface area contributed by atoms with Crippen LogP contribution in [0.2, 0.25) is 0 Å². The van der Waals surface area contributed by atoms with Crippen molar-refractivity contribution in [1.29, 1.82) is 0 Å². The second kappa shape index (κ2) is 15.0. The molecule has 3 N–H and O–H groups in total. The maximum absolute atomic E-state index is 13.3. The SMILES string of the molecule is CCCCC(Oc1ccc(C(N)=NO)cc1)Oc1ccc(-c2nc(C(C)C)sc2CCN(C(=O)c2ccncc2)C2CC2)cc1. The Morgan fingerprint density at radius 1 is 1.02 bits per heavy atom. The van der Waals surface area contributed by atoms with E-state index in [-0.39, 0.29) is 11.7 Å². The quantitative estimate of drug-likeness (QED) is 0.0468. The van der Waals surface area contributed by atoms with Gasteiger partial charge in [-0.15, -0.1) is 11.3 Å². The number of carbonyl (C=O) groups is 1. The standard InChI is InChI=1S/C35H41N5O4S/c1-4-5-6-31(44-29-15-9-25(10-16-29)33(36)39-42)43-28-13-7-24(8-14-28)32-30(45-34(38-32)23(2)3)19-22-40(27-11-12-27)35(41)26-17-20-37-21-18-26/h7-10,13-18,20-21,23,27,31,42H,4-6,11-12,19,22H2,1-3H3,(H2,36,39). The van der Waals surface area contributed by atoms with Gasteiger partial charge < -0.3 is 25.3 Å². The second-order valence-corrected chi connectivity index (χ2v) is 12.7. The molecule has 4 aromatic rings. The van der Waals surface area contributed by atoms with Gasteiger partial charge in [0.25, 0.3) is 5.91 Å². The van der Waals surface area contributed by atoms with Gasteiger partial charge in [0.15, 0.2) is 5.84 Å². The number of thiazole rings is 1. The molecule has 1 fully saturated rings. The Kier molecular flexibility index (Phi) is 10.7. The first-order chi connectivity index (χ1) is 21.9. The summed E-state index contributed by atoms with van der Waals surface area (Å²) in [6.45, 7) is 7.10. The van der Waals surface area contributed by atoms with Crippen LogP contribution in [0.15, 0.2) is 78.2 Å². The predicted octanol–water partition coefficient (Wildman–Crippen LogP) is 7.24. The molecule has 0 aliphatic heterocycles. The van der Waals surface area contributed by atoms with Crippen LogP contribution < -0.4 is 15.2 Å². The minimum atomic E-state index is -0.473. The molecule has 2 heterocycles. The number of oxime groups is 1. The van der Waals surface area contributed by atoms with Crippen LogP contribution in [-0.4, -0.2) is 50.7 Å². The van der Waals surface area contributed by atoms with Crippen LogP contribution >= 0.6 is 11.3 Å². The molecule has 1 amide bonds. The first-order valence-corrected chi connectivity index (χ1v) is 16.4. The number of carbonyl (C=O) groups excluding carboxylic acids is 1. The van der Waals surface area contributed by atoms with E-state index in [1.165, 1.54) is 4.88 Å². The topological polar surface area (TPSA) is 123 Å². The van der Waals surface area contributed by atoms with Crippen LogP contribution in [0.3, 0.4) is 0 Å². The number of ether oxygens (including phenoxy) is 2. The molecule has 5 rings (SSSR count). The molecule has 9 nitrogen and oxygen atoms in total. The molecule has 0 bridgehead atoms. The van der Waals surface area contributed by atoms with Crippen molar-refractivity contribution in [2.45, 2.75) is 77.5 Å². The van der Waals surface area contributed by atoms with Crippen LogP contribution in [0.25, 0.3) is 11.3 Å². The first-order valence-electron chi connectivity index (χ1n) is 15.6. The molecule has 0 radical (unpaired) electrons. The van der Waals surface area contributed by atoms with E-state index in [0.29, 0.717) is 41.1 Å². The van der Waals surface area contributed by atoms with E-state index in [2.05, 4.69) is 30.9 Å². The normalized spacial score (nSPS) is 13.9. The number of rotatable bonds is 15. The molecule has 1 unspecified atom stereocenters. The number of hydrogen-bond acceptors (Lipinski definition) is 8. The first kappa shape index (κ1) is 32.0. The summed E-state index contributed by atoms with van der Waals surface area (Å²) in [5.74, 6) is 1.76. The van der Waals surface area contributed by atoms with Gasteiger partial charge in [0, 0.05) is 65.3 Å². The van der Waals surface area contributed by atoms with Crippen molar-refractivity contribution in [1.82, 2.24) is 14.9 Å². The summed E-state index contributed by atoms with van der Waals surface area (Å²) in [5.41, 5.74) is 8.95. The van der Waals surface area contributed by atoms with E-state index in [1.807, 2.05) is 29.2 Å². The number of hydrogen-bond donors (Lipinski definition) is 2. The number of unbranched alkanes of at least 4 members (excludes halogenated alkanes) is 1. The molecule has 1 saturated carbocycles. The largest absolute Gasteiger partial charge is 0.455 e. The average molecular weight is 628 g/mol. The fourth-order valence-corrected chi connectivity index (χ4v) is 6.08. The van der Waals surface area contributed by atoms with E-state index in [0.717, 1.165) is 54.8 Å². The van der Waals surface area contributed by atoms with Crippen molar-refractivity contribution in [3.8, 4) is 22.8 Å². The fraction of sp³-hybridized carbons (Fsp3) is 0.371. The van der Waals surface area contributed by atoms with Crippen LogP contribution in [0.5, 0.6) is 11.5 Å². The maximum atomic E-state index is 13.3. The summed E-state index contributed by atoms with van der Waals surface area (Å²) < 4.78 is 12.5. The monoisotopic (exact) mass is 627 g/mol. The van der Waals surface area contributed by atoms with E-state index in [9.17, 15) is 4.79 Å². The van der Waals surface area contributed by atoms with E-state index in [1.54, 1.807) is 60.1 Å². The van der Waals surface area contributed by atoms with E-state index < -0.39 is 6.29 Å². The molecule has 2 aromatic carbocycles. The number of benzene rings is 2. The minimum Gasteiger partial charge on any atom is -0.455 e. The predicted molar refractivity (Wildman–Crippen MR) is 177 cm³/mol. The number of nitrogens with zero attached hydrogens (tertiary/aromatic N) is 4. The Balaban J connectivity index is 1.30. The van der Waals surface area contributed by atoms with Crippen LogP contribution in [0, 0.1) is 0 Å². The summed E-state index contributed by atoms with van der Waals surface area (Å²) in [6.07, 6.45) is 8.40. The number of aromatic nitrogens is 2. The van der Waals surface area contributed by atoms with Crippen molar-refractivity contribution in [3.63, 3.8) is 0 Å². The van der Waals surface area contributed by atoms with Gasteiger partial charge in [-0.05, 0) is 79.9 Å². The lowest BCUT2D eigenvalue weighted by molar-refractivity contribution is -0.00211. The molecular formula is C35H41N5O4S. The molecular weight excluding hydrogens is 586 g/mol. The van der Waals surface area contributed by atoms with Crippen LogP contribution in [-0.2, 0) is 6.42 Å². The Bertz CT molecular complexity index is 1570. The molecule has 1 aliphatic carbocycles. The molecule has 45 heavy (non-hydrogen) atoms. The molecule has 236 valence electrons. The zero-order chi connectivity index (χ0) is 31.8. The molecule has 2 aromatic heterocycles. The third kappa shape index (κ3) is 8.39.